The molecule has 0 radical (unpaired) electrons. The molecular formula is C18H27N5O8. The molecule has 3 heterocycles. The van der Waals surface area contributed by atoms with Gasteiger partial charge < -0.3 is 39.6 Å². The van der Waals surface area contributed by atoms with Gasteiger partial charge in [0.1, 0.15) is 30.5 Å². The number of H-pyrrole nitrogens is 1. The fraction of sp³-hybridized carbons (Fsp3) is 0.667. The molecule has 7 atom stereocenters. The van der Waals surface area contributed by atoms with Crippen LogP contribution in [0, 0.1) is 0 Å². The van der Waals surface area contributed by atoms with Crippen molar-refractivity contribution >= 4 is 17.1 Å². The predicted octanol–water partition coefficient (Wildman–Crippen LogP) is -1.50. The van der Waals surface area contributed by atoms with Crippen LogP contribution in [-0.4, -0.2) is 94.9 Å². The molecule has 5 N–H and O–H groups in total. The number of nitrogen functional groups attached to an aromatic ring is 1. The van der Waals surface area contributed by atoms with E-state index in [0.29, 0.717) is 0 Å². The topological polar surface area (TPSA) is 184 Å². The number of hydrogen-bond donors (Lipinski definition) is 4. The summed E-state index contributed by atoms with van der Waals surface area (Å²) in [7, 11) is 4.43. The lowest BCUT2D eigenvalue weighted by Crippen LogP contribution is -2.61. The average Bonchev–Trinajstić information content (AvgIpc) is 2.77. The van der Waals surface area contributed by atoms with E-state index in [1.807, 2.05) is 0 Å². The maximum Gasteiger partial charge on any atom is 0.280 e. The van der Waals surface area contributed by atoms with Crippen molar-refractivity contribution < 1.29 is 33.9 Å². The summed E-state index contributed by atoms with van der Waals surface area (Å²) < 4.78 is 28.1. The minimum absolute atomic E-state index is 0.0557. The molecule has 172 valence electrons. The van der Waals surface area contributed by atoms with Crippen LogP contribution in [-0.2, 0) is 23.7 Å². The number of nitrogens with two attached hydrogens (primary N) is 1. The van der Waals surface area contributed by atoms with Crippen LogP contribution in [0.3, 0.4) is 0 Å². The van der Waals surface area contributed by atoms with Gasteiger partial charge in [0.05, 0.1) is 24.6 Å². The Morgan fingerprint density at radius 2 is 1.87 bits per heavy atom. The molecule has 0 unspecified atom stereocenters. The highest BCUT2D eigenvalue weighted by Gasteiger charge is 2.48. The molecule has 2 aromatic rings. The zero-order valence-electron chi connectivity index (χ0n) is 17.6. The smallest absolute Gasteiger partial charge is 0.280 e. The summed E-state index contributed by atoms with van der Waals surface area (Å²) in [4.78, 5) is 26.5. The molecule has 0 amide bonds. The normalized spacial score (nSPS) is 28.5. The Kier molecular flexibility index (Phi) is 7.48. The molecule has 13 heteroatoms. The van der Waals surface area contributed by atoms with Gasteiger partial charge in [0.25, 0.3) is 5.56 Å². The van der Waals surface area contributed by atoms with Gasteiger partial charge in [0.15, 0.2) is 17.5 Å². The van der Waals surface area contributed by atoms with Crippen molar-refractivity contribution in [3.8, 4) is 0 Å². The second-order valence-electron chi connectivity index (χ2n) is 7.03. The van der Waals surface area contributed by atoms with E-state index >= 15 is 0 Å². The Morgan fingerprint density at radius 3 is 2.48 bits per heavy atom. The van der Waals surface area contributed by atoms with Gasteiger partial charge in [-0.25, -0.2) is 9.97 Å². The molecule has 0 aliphatic carbocycles. The van der Waals surface area contributed by atoms with Crippen molar-refractivity contribution in [2.24, 2.45) is 0 Å². The van der Waals surface area contributed by atoms with Crippen LogP contribution in [0.4, 0.5) is 5.95 Å². The molecule has 1 aliphatic heterocycles. The number of aliphatic hydroxyl groups is 2. The van der Waals surface area contributed by atoms with Crippen molar-refractivity contribution in [1.29, 1.82) is 0 Å². The monoisotopic (exact) mass is 441 g/mol. The van der Waals surface area contributed by atoms with Gasteiger partial charge in [-0.1, -0.05) is 0 Å². The number of anilines is 1. The van der Waals surface area contributed by atoms with E-state index in [1.54, 1.807) is 6.92 Å². The van der Waals surface area contributed by atoms with E-state index in [-0.39, 0.29) is 29.4 Å². The van der Waals surface area contributed by atoms with Crippen LogP contribution < -0.4 is 11.3 Å². The first-order chi connectivity index (χ1) is 14.8. The molecule has 0 bridgehead atoms. The summed E-state index contributed by atoms with van der Waals surface area (Å²) in [6, 6.07) is 0. The number of fused-ring (bicyclic) bond motifs is 1. The lowest BCUT2D eigenvalue weighted by Gasteiger charge is -2.45. The van der Waals surface area contributed by atoms with Crippen molar-refractivity contribution in [2.75, 3.05) is 33.7 Å². The Morgan fingerprint density at radius 1 is 1.19 bits per heavy atom. The van der Waals surface area contributed by atoms with Crippen molar-refractivity contribution in [2.45, 2.75) is 49.8 Å². The maximum atomic E-state index is 12.1. The molecule has 1 fully saturated rings. The predicted molar refractivity (Wildman–Crippen MR) is 106 cm³/mol. The number of nitrogens with zero attached hydrogens (tertiary/aromatic N) is 3. The lowest BCUT2D eigenvalue weighted by molar-refractivity contribution is -0.325. The zero-order valence-corrected chi connectivity index (χ0v) is 17.6. The highest BCUT2D eigenvalue weighted by Crippen LogP contribution is 2.30. The third-order valence-corrected chi connectivity index (χ3v) is 5.14. The van der Waals surface area contributed by atoms with E-state index in [9.17, 15) is 15.0 Å². The summed E-state index contributed by atoms with van der Waals surface area (Å²) in [6.45, 7) is 1.26. The number of methoxy groups -OCH3 is 3. The van der Waals surface area contributed by atoms with E-state index in [0.717, 1.165) is 0 Å². The molecule has 0 spiro atoms. The van der Waals surface area contributed by atoms with E-state index in [1.165, 1.54) is 27.5 Å². The number of aromatic nitrogens is 4. The standard InChI is InChI=1S/C18H27N5O8/c1-7(11(25)8-5-20-15-10(21-8)16(26)23-18(19)22-15)30-17-14(29-4)13(28-3)12(27-2)9(6-24)31-17/h5,7,9,11-14,17,24-25H,6H2,1-4H3,(H3,19,20,22,23,26)/t7-,9+,11-,12+,13-,14-,17-/m0/s1. The van der Waals surface area contributed by atoms with Crippen LogP contribution in [0.1, 0.15) is 18.7 Å². The number of hydrogen-bond acceptors (Lipinski definition) is 12. The van der Waals surface area contributed by atoms with Gasteiger partial charge in [-0.05, 0) is 6.92 Å². The highest BCUT2D eigenvalue weighted by atomic mass is 16.7. The SMILES string of the molecule is CO[C@@H]1[C@H](OC)[C@@H](O[C@@H](C)[C@H](O)c2cnc3nc(N)[nH]c(=O)c3n2)O[C@H](CO)[C@H]1OC. The molecule has 2 aromatic heterocycles. The molecule has 31 heavy (non-hydrogen) atoms. The molecule has 3 rings (SSSR count). The van der Waals surface area contributed by atoms with E-state index in [2.05, 4.69) is 19.9 Å². The molecular weight excluding hydrogens is 414 g/mol. The Labute approximate surface area is 177 Å². The molecule has 1 saturated heterocycles. The van der Waals surface area contributed by atoms with Crippen LogP contribution in [0.25, 0.3) is 11.2 Å². The largest absolute Gasteiger partial charge is 0.394 e. The molecule has 0 saturated carbocycles. The zero-order chi connectivity index (χ0) is 22.7. The average molecular weight is 441 g/mol. The number of aromatic amines is 1. The third kappa shape index (κ3) is 4.67. The fourth-order valence-corrected chi connectivity index (χ4v) is 3.55. The first-order valence-electron chi connectivity index (χ1n) is 9.55. The summed E-state index contributed by atoms with van der Waals surface area (Å²) in [5, 5.41) is 20.4. The number of nitrogens with one attached hydrogen (secondary N) is 1. The summed E-state index contributed by atoms with van der Waals surface area (Å²) >= 11 is 0. The van der Waals surface area contributed by atoms with Crippen LogP contribution in [0.15, 0.2) is 11.0 Å². The molecule has 13 nitrogen and oxygen atoms in total. The van der Waals surface area contributed by atoms with Gasteiger partial charge in [-0.15, -0.1) is 0 Å². The number of aliphatic hydroxyl groups excluding tert-OH is 2. The first-order valence-corrected chi connectivity index (χ1v) is 9.55. The highest BCUT2D eigenvalue weighted by molar-refractivity contribution is 5.69. The second-order valence-corrected chi connectivity index (χ2v) is 7.03. The Balaban J connectivity index is 1.81. The number of rotatable bonds is 8. The van der Waals surface area contributed by atoms with Gasteiger partial charge >= 0.3 is 0 Å². The van der Waals surface area contributed by atoms with Crippen molar-refractivity contribution in [3.05, 3.63) is 22.2 Å². The second kappa shape index (κ2) is 9.91. The van der Waals surface area contributed by atoms with Gasteiger partial charge in [0.2, 0.25) is 5.95 Å². The fourth-order valence-electron chi connectivity index (χ4n) is 3.55. The quantitative estimate of drug-likeness (QED) is 0.372. The third-order valence-electron chi connectivity index (χ3n) is 5.14. The maximum absolute atomic E-state index is 12.1. The van der Waals surface area contributed by atoms with Gasteiger partial charge in [-0.2, -0.15) is 4.98 Å². The number of ether oxygens (including phenoxy) is 5. The van der Waals surface area contributed by atoms with E-state index < -0.39 is 48.5 Å². The van der Waals surface area contributed by atoms with Crippen molar-refractivity contribution in [3.63, 3.8) is 0 Å². The minimum atomic E-state index is -1.26. The van der Waals surface area contributed by atoms with Crippen LogP contribution in [0.2, 0.25) is 0 Å². The Hall–Kier alpha value is -2.26. The lowest BCUT2D eigenvalue weighted by atomic mass is 9.98. The Bertz CT molecular complexity index is 943. The summed E-state index contributed by atoms with van der Waals surface area (Å²) in [5.74, 6) is -0.0858. The minimum Gasteiger partial charge on any atom is -0.394 e. The van der Waals surface area contributed by atoms with Crippen LogP contribution in [0.5, 0.6) is 0 Å². The van der Waals surface area contributed by atoms with Gasteiger partial charge in [0, 0.05) is 21.3 Å². The molecule has 1 aliphatic rings. The van der Waals surface area contributed by atoms with Crippen LogP contribution >= 0.6 is 0 Å². The first kappa shape index (κ1) is 23.4. The molecule has 0 aromatic carbocycles. The van der Waals surface area contributed by atoms with Crippen molar-refractivity contribution in [1.82, 2.24) is 19.9 Å². The van der Waals surface area contributed by atoms with Gasteiger partial charge in [-0.3, -0.25) is 9.78 Å². The summed E-state index contributed by atoms with van der Waals surface area (Å²) in [6.07, 6.45) is -4.43. The summed E-state index contributed by atoms with van der Waals surface area (Å²) in [5.41, 5.74) is 5.01. The van der Waals surface area contributed by atoms with E-state index in [4.69, 9.17) is 29.4 Å².